The highest BCUT2D eigenvalue weighted by Gasteiger charge is 2.07. The van der Waals surface area contributed by atoms with Gasteiger partial charge >= 0.3 is 0 Å². The van der Waals surface area contributed by atoms with E-state index in [9.17, 15) is 4.79 Å². The lowest BCUT2D eigenvalue weighted by Crippen LogP contribution is -2.33. The second-order valence-electron chi connectivity index (χ2n) is 4.20. The first-order chi connectivity index (χ1) is 7.59. The summed E-state index contributed by atoms with van der Waals surface area (Å²) < 4.78 is 5.00. The monoisotopic (exact) mass is 224 g/mol. The zero-order valence-corrected chi connectivity index (χ0v) is 10.1. The quantitative estimate of drug-likeness (QED) is 0.775. The largest absolute Gasteiger partial charge is 0.472 e. The maximum Gasteiger partial charge on any atom is 0.221 e. The lowest BCUT2D eigenvalue weighted by Gasteiger charge is -2.12. The molecule has 1 amide bonds. The van der Waals surface area contributed by atoms with Gasteiger partial charge in [0.15, 0.2) is 0 Å². The van der Waals surface area contributed by atoms with Gasteiger partial charge in [-0.05, 0) is 26.8 Å². The SMILES string of the molecule is CC(C)NC(=O)CCNC(C)c1ccoc1. The maximum atomic E-state index is 11.4. The number of hydrogen-bond acceptors (Lipinski definition) is 3. The highest BCUT2D eigenvalue weighted by Crippen LogP contribution is 2.11. The van der Waals surface area contributed by atoms with Crippen molar-refractivity contribution in [1.82, 2.24) is 10.6 Å². The third kappa shape index (κ3) is 4.49. The number of hydrogen-bond donors (Lipinski definition) is 2. The molecule has 1 unspecified atom stereocenters. The molecular formula is C12H20N2O2. The van der Waals surface area contributed by atoms with Gasteiger partial charge in [0, 0.05) is 30.6 Å². The van der Waals surface area contributed by atoms with Gasteiger partial charge in [-0.1, -0.05) is 0 Å². The normalized spacial score (nSPS) is 12.8. The van der Waals surface area contributed by atoms with Crippen LogP contribution in [-0.4, -0.2) is 18.5 Å². The molecule has 0 spiro atoms. The average molecular weight is 224 g/mol. The molecule has 0 fully saturated rings. The van der Waals surface area contributed by atoms with Crippen molar-refractivity contribution in [3.63, 3.8) is 0 Å². The summed E-state index contributed by atoms with van der Waals surface area (Å²) in [4.78, 5) is 11.4. The van der Waals surface area contributed by atoms with Crippen LogP contribution >= 0.6 is 0 Å². The van der Waals surface area contributed by atoms with Crippen LogP contribution in [0.2, 0.25) is 0 Å². The first kappa shape index (κ1) is 12.8. The van der Waals surface area contributed by atoms with Crippen molar-refractivity contribution in [3.8, 4) is 0 Å². The molecule has 0 aliphatic heterocycles. The van der Waals surface area contributed by atoms with Crippen LogP contribution in [0.4, 0.5) is 0 Å². The van der Waals surface area contributed by atoms with Gasteiger partial charge in [-0.25, -0.2) is 0 Å². The van der Waals surface area contributed by atoms with Crippen LogP contribution in [0.5, 0.6) is 0 Å². The van der Waals surface area contributed by atoms with Crippen molar-refractivity contribution in [1.29, 1.82) is 0 Å². The topological polar surface area (TPSA) is 54.3 Å². The number of carbonyl (C=O) groups is 1. The van der Waals surface area contributed by atoms with Crippen LogP contribution < -0.4 is 10.6 Å². The van der Waals surface area contributed by atoms with E-state index >= 15 is 0 Å². The molecule has 0 saturated heterocycles. The summed E-state index contributed by atoms with van der Waals surface area (Å²) in [7, 11) is 0. The van der Waals surface area contributed by atoms with E-state index in [-0.39, 0.29) is 18.0 Å². The van der Waals surface area contributed by atoms with E-state index in [4.69, 9.17) is 4.42 Å². The van der Waals surface area contributed by atoms with Crippen LogP contribution in [0.1, 0.15) is 38.8 Å². The summed E-state index contributed by atoms with van der Waals surface area (Å²) in [6.45, 7) is 6.63. The Morgan fingerprint density at radius 3 is 2.75 bits per heavy atom. The Bertz CT molecular complexity index is 307. The molecule has 0 bridgehead atoms. The molecule has 0 aliphatic rings. The van der Waals surface area contributed by atoms with Crippen molar-refractivity contribution in [3.05, 3.63) is 24.2 Å². The molecule has 0 radical (unpaired) electrons. The van der Waals surface area contributed by atoms with Gasteiger partial charge in [0.05, 0.1) is 12.5 Å². The van der Waals surface area contributed by atoms with E-state index in [1.165, 1.54) is 0 Å². The molecule has 0 aromatic carbocycles. The van der Waals surface area contributed by atoms with E-state index in [1.54, 1.807) is 12.5 Å². The third-order valence-corrected chi connectivity index (χ3v) is 2.30. The molecule has 4 heteroatoms. The van der Waals surface area contributed by atoms with Gasteiger partial charge in [-0.15, -0.1) is 0 Å². The minimum absolute atomic E-state index is 0.0851. The van der Waals surface area contributed by atoms with E-state index in [0.29, 0.717) is 13.0 Å². The minimum Gasteiger partial charge on any atom is -0.472 e. The van der Waals surface area contributed by atoms with Gasteiger partial charge in [0.25, 0.3) is 0 Å². The Labute approximate surface area is 96.4 Å². The van der Waals surface area contributed by atoms with E-state index < -0.39 is 0 Å². The van der Waals surface area contributed by atoms with Crippen molar-refractivity contribution in [2.75, 3.05) is 6.54 Å². The van der Waals surface area contributed by atoms with E-state index in [1.807, 2.05) is 26.8 Å². The van der Waals surface area contributed by atoms with Gasteiger partial charge in [-0.2, -0.15) is 0 Å². The van der Waals surface area contributed by atoms with Gasteiger partial charge < -0.3 is 15.1 Å². The maximum absolute atomic E-state index is 11.4. The zero-order valence-electron chi connectivity index (χ0n) is 10.1. The Morgan fingerprint density at radius 1 is 1.44 bits per heavy atom. The molecule has 0 saturated carbocycles. The predicted octanol–water partition coefficient (Wildman–Crippen LogP) is 1.84. The smallest absolute Gasteiger partial charge is 0.221 e. The summed E-state index contributed by atoms with van der Waals surface area (Å²) in [5, 5.41) is 6.12. The van der Waals surface area contributed by atoms with Gasteiger partial charge in [0.1, 0.15) is 0 Å². The first-order valence-corrected chi connectivity index (χ1v) is 5.64. The molecule has 16 heavy (non-hydrogen) atoms. The van der Waals surface area contributed by atoms with Crippen molar-refractivity contribution in [2.45, 2.75) is 39.3 Å². The lowest BCUT2D eigenvalue weighted by atomic mass is 10.2. The molecule has 1 rings (SSSR count). The summed E-state index contributed by atoms with van der Waals surface area (Å²) in [5.41, 5.74) is 1.10. The molecule has 1 aromatic heterocycles. The second-order valence-corrected chi connectivity index (χ2v) is 4.20. The molecule has 4 nitrogen and oxygen atoms in total. The van der Waals surface area contributed by atoms with Gasteiger partial charge in [0.2, 0.25) is 5.91 Å². The van der Waals surface area contributed by atoms with Crippen molar-refractivity contribution >= 4 is 5.91 Å². The fourth-order valence-corrected chi connectivity index (χ4v) is 1.44. The fraction of sp³-hybridized carbons (Fsp3) is 0.583. The van der Waals surface area contributed by atoms with Crippen LogP contribution in [-0.2, 0) is 4.79 Å². The highest BCUT2D eigenvalue weighted by molar-refractivity contribution is 5.76. The zero-order chi connectivity index (χ0) is 12.0. The number of amides is 1. The minimum atomic E-state index is 0.0851. The summed E-state index contributed by atoms with van der Waals surface area (Å²) >= 11 is 0. The summed E-state index contributed by atoms with van der Waals surface area (Å²) in [6.07, 6.45) is 3.87. The van der Waals surface area contributed by atoms with Crippen LogP contribution in [0.25, 0.3) is 0 Å². The Morgan fingerprint density at radius 2 is 2.19 bits per heavy atom. The Hall–Kier alpha value is -1.29. The van der Waals surface area contributed by atoms with Gasteiger partial charge in [-0.3, -0.25) is 4.79 Å². The number of carbonyl (C=O) groups excluding carboxylic acids is 1. The van der Waals surface area contributed by atoms with Crippen LogP contribution in [0.15, 0.2) is 23.0 Å². The summed E-state index contributed by atoms with van der Waals surface area (Å²) in [6, 6.07) is 2.34. The second kappa shape index (κ2) is 6.33. The standard InChI is InChI=1S/C12H20N2O2/c1-9(2)14-12(15)4-6-13-10(3)11-5-7-16-8-11/h5,7-10,13H,4,6H2,1-3H3,(H,14,15). The molecule has 0 aliphatic carbocycles. The predicted molar refractivity (Wildman–Crippen MR) is 63.0 cm³/mol. The third-order valence-electron chi connectivity index (χ3n) is 2.30. The molecular weight excluding hydrogens is 204 g/mol. The molecule has 1 atom stereocenters. The van der Waals surface area contributed by atoms with Crippen molar-refractivity contribution < 1.29 is 9.21 Å². The summed E-state index contributed by atoms with van der Waals surface area (Å²) in [5.74, 6) is 0.0851. The number of nitrogens with one attached hydrogen (secondary N) is 2. The molecule has 1 heterocycles. The lowest BCUT2D eigenvalue weighted by molar-refractivity contribution is -0.121. The first-order valence-electron chi connectivity index (χ1n) is 5.64. The fourth-order valence-electron chi connectivity index (χ4n) is 1.44. The molecule has 1 aromatic rings. The Balaban J connectivity index is 2.18. The van der Waals surface area contributed by atoms with Crippen LogP contribution in [0.3, 0.4) is 0 Å². The van der Waals surface area contributed by atoms with E-state index in [0.717, 1.165) is 5.56 Å². The van der Waals surface area contributed by atoms with Crippen molar-refractivity contribution in [2.24, 2.45) is 0 Å². The van der Waals surface area contributed by atoms with E-state index in [2.05, 4.69) is 10.6 Å². The number of furan rings is 1. The molecule has 90 valence electrons. The average Bonchev–Trinajstić information content (AvgIpc) is 2.68. The highest BCUT2D eigenvalue weighted by atomic mass is 16.3. The Kier molecular flexibility index (Phi) is 5.05. The number of rotatable bonds is 6. The van der Waals surface area contributed by atoms with Crippen LogP contribution in [0, 0.1) is 0 Å². The molecule has 2 N–H and O–H groups in total.